The second-order valence-corrected chi connectivity index (χ2v) is 8.92. The first-order chi connectivity index (χ1) is 15.5. The van der Waals surface area contributed by atoms with Crippen molar-refractivity contribution in [2.45, 2.75) is 44.1 Å². The van der Waals surface area contributed by atoms with E-state index in [-0.39, 0.29) is 12.5 Å². The van der Waals surface area contributed by atoms with Gasteiger partial charge in [0.05, 0.1) is 23.3 Å². The maximum absolute atomic E-state index is 12.4. The minimum absolute atomic E-state index is 0.237. The molecule has 2 N–H and O–H groups in total. The number of carbonyl (C=O) groups excluding carboxylic acids is 2. The summed E-state index contributed by atoms with van der Waals surface area (Å²) in [4.78, 5) is 28.4. The Balaban J connectivity index is 1.36. The Kier molecular flexibility index (Phi) is 4.08. The molecule has 2 fully saturated rings. The number of hydrogen-bond donors (Lipinski definition) is 2. The Bertz CT molecular complexity index is 1390. The summed E-state index contributed by atoms with van der Waals surface area (Å²) in [5, 5.41) is 15.3. The van der Waals surface area contributed by atoms with Crippen LogP contribution in [0.4, 0.5) is 4.79 Å². The number of rotatable bonds is 4. The third-order valence-electron chi connectivity index (χ3n) is 6.51. The first-order valence-corrected chi connectivity index (χ1v) is 10.9. The normalized spacial score (nSPS) is 23.0. The third kappa shape index (κ3) is 2.96. The molecule has 1 aliphatic carbocycles. The van der Waals surface area contributed by atoms with Crippen LogP contribution in [0.2, 0.25) is 0 Å². The van der Waals surface area contributed by atoms with Crippen LogP contribution in [0.25, 0.3) is 16.6 Å². The fourth-order valence-corrected chi connectivity index (χ4v) is 4.78. The van der Waals surface area contributed by atoms with Crippen molar-refractivity contribution in [3.63, 3.8) is 0 Å². The number of aromatic nitrogens is 5. The van der Waals surface area contributed by atoms with Gasteiger partial charge in [0.2, 0.25) is 5.91 Å². The lowest BCUT2D eigenvalue weighted by molar-refractivity contribution is -0.122. The zero-order valence-electron chi connectivity index (χ0n) is 17.8. The van der Waals surface area contributed by atoms with E-state index in [0.29, 0.717) is 23.6 Å². The Labute approximate surface area is 183 Å². The largest absolute Gasteiger partial charge is 0.337 e. The van der Waals surface area contributed by atoms with E-state index in [2.05, 4.69) is 62.5 Å². The number of imide groups is 1. The van der Waals surface area contributed by atoms with E-state index in [0.717, 1.165) is 28.5 Å². The lowest BCUT2D eigenvalue weighted by Crippen LogP contribution is -2.51. The van der Waals surface area contributed by atoms with Crippen molar-refractivity contribution >= 4 is 28.5 Å². The average molecular weight is 429 g/mol. The van der Waals surface area contributed by atoms with Crippen molar-refractivity contribution in [1.29, 1.82) is 0 Å². The van der Waals surface area contributed by atoms with E-state index in [9.17, 15) is 9.59 Å². The van der Waals surface area contributed by atoms with Crippen molar-refractivity contribution in [3.8, 4) is 0 Å². The van der Waals surface area contributed by atoms with Gasteiger partial charge in [-0.05, 0) is 49.8 Å². The molecular formula is C23H23N7O2. The minimum atomic E-state index is -0.521. The van der Waals surface area contributed by atoms with Gasteiger partial charge in [0.25, 0.3) is 0 Å². The van der Waals surface area contributed by atoms with Crippen LogP contribution in [-0.4, -0.2) is 42.9 Å². The second-order valence-electron chi connectivity index (χ2n) is 8.92. The van der Waals surface area contributed by atoms with Crippen LogP contribution in [0.3, 0.4) is 0 Å². The molecule has 3 atom stereocenters. The van der Waals surface area contributed by atoms with Crippen molar-refractivity contribution in [3.05, 3.63) is 59.7 Å². The van der Waals surface area contributed by atoms with Crippen LogP contribution in [0.15, 0.2) is 42.9 Å². The number of fused-ring (bicyclic) bond motifs is 2. The summed E-state index contributed by atoms with van der Waals surface area (Å²) >= 11 is 0. The lowest BCUT2D eigenvalue weighted by Gasteiger charge is -2.22. The van der Waals surface area contributed by atoms with Gasteiger partial charge in [0.15, 0.2) is 5.65 Å². The van der Waals surface area contributed by atoms with E-state index in [1.807, 2.05) is 12.3 Å². The van der Waals surface area contributed by atoms with Gasteiger partial charge in [-0.3, -0.25) is 14.8 Å². The summed E-state index contributed by atoms with van der Waals surface area (Å²) in [6.07, 6.45) is 6.46. The smallest absolute Gasteiger partial charge is 0.321 e. The van der Waals surface area contributed by atoms with E-state index < -0.39 is 11.9 Å². The lowest BCUT2D eigenvalue weighted by atomic mass is 9.99. The minimum Gasteiger partial charge on any atom is -0.337 e. The number of nitrogens with one attached hydrogen (secondary N) is 2. The summed E-state index contributed by atoms with van der Waals surface area (Å²) in [5.41, 5.74) is 4.98. The molecule has 3 aromatic heterocycles. The Morgan fingerprint density at radius 2 is 2.03 bits per heavy atom. The van der Waals surface area contributed by atoms with Crippen LogP contribution < -0.4 is 10.6 Å². The fourth-order valence-electron chi connectivity index (χ4n) is 4.78. The zero-order chi connectivity index (χ0) is 22.0. The van der Waals surface area contributed by atoms with E-state index in [1.54, 1.807) is 16.9 Å². The molecule has 3 amide bonds. The van der Waals surface area contributed by atoms with Gasteiger partial charge >= 0.3 is 6.03 Å². The first kappa shape index (κ1) is 19.0. The van der Waals surface area contributed by atoms with Gasteiger partial charge in [0.1, 0.15) is 0 Å². The molecule has 9 heteroatoms. The SMILES string of the molecule is CC(C)n1ncc2ccc([C@H]3C[C@@H]3c3cc(C4CNC(=O)NC4=O)nn4ccnc34)cc21. The van der Waals surface area contributed by atoms with Crippen molar-refractivity contribution in [2.24, 2.45) is 0 Å². The van der Waals surface area contributed by atoms with Gasteiger partial charge in [-0.15, -0.1) is 0 Å². The summed E-state index contributed by atoms with van der Waals surface area (Å²) < 4.78 is 3.80. The standard InChI is InChI=1S/C23H23N7O2/c1-12(2)30-20-7-13(3-4-14(20)10-26-30)15-8-16(15)17-9-19(28-29-6-5-24-21(17)29)18-11-25-23(32)27-22(18)31/h3-7,9-10,12,15-16,18H,8,11H2,1-2H3,(H2,25,27,31,32)/t15-,16+,18?/m1/s1. The Morgan fingerprint density at radius 1 is 1.16 bits per heavy atom. The first-order valence-electron chi connectivity index (χ1n) is 10.9. The number of urea groups is 1. The summed E-state index contributed by atoms with van der Waals surface area (Å²) in [6.45, 7) is 4.51. The summed E-state index contributed by atoms with van der Waals surface area (Å²) in [5.74, 6) is -0.167. The molecule has 1 saturated carbocycles. The number of nitrogens with zero attached hydrogens (tertiary/aromatic N) is 5. The maximum Gasteiger partial charge on any atom is 0.321 e. The number of hydrogen-bond acceptors (Lipinski definition) is 5. The molecule has 4 aromatic rings. The highest BCUT2D eigenvalue weighted by atomic mass is 16.2. The van der Waals surface area contributed by atoms with Crippen LogP contribution in [0.5, 0.6) is 0 Å². The topological polar surface area (TPSA) is 106 Å². The molecule has 6 rings (SSSR count). The Morgan fingerprint density at radius 3 is 2.84 bits per heavy atom. The van der Waals surface area contributed by atoms with E-state index in [1.165, 1.54) is 5.56 Å². The molecule has 1 aromatic carbocycles. The predicted octanol–water partition coefficient (Wildman–Crippen LogP) is 2.85. The molecule has 4 heterocycles. The number of carbonyl (C=O) groups is 2. The molecule has 32 heavy (non-hydrogen) atoms. The monoisotopic (exact) mass is 429 g/mol. The van der Waals surface area contributed by atoms with Crippen molar-refractivity contribution in [2.75, 3.05) is 6.54 Å². The van der Waals surface area contributed by atoms with Crippen LogP contribution >= 0.6 is 0 Å². The molecule has 9 nitrogen and oxygen atoms in total. The molecule has 0 radical (unpaired) electrons. The molecule has 162 valence electrons. The zero-order valence-corrected chi connectivity index (χ0v) is 17.8. The van der Waals surface area contributed by atoms with Gasteiger partial charge in [-0.2, -0.15) is 10.2 Å². The highest BCUT2D eigenvalue weighted by molar-refractivity contribution is 6.00. The second kappa shape index (κ2) is 6.88. The predicted molar refractivity (Wildman–Crippen MR) is 117 cm³/mol. The molecule has 2 aliphatic rings. The quantitative estimate of drug-likeness (QED) is 0.519. The molecular weight excluding hydrogens is 406 g/mol. The third-order valence-corrected chi connectivity index (χ3v) is 6.51. The summed E-state index contributed by atoms with van der Waals surface area (Å²) in [6, 6.07) is 8.41. The molecule has 1 saturated heterocycles. The van der Waals surface area contributed by atoms with Gasteiger partial charge in [-0.25, -0.2) is 14.3 Å². The average Bonchev–Trinajstić information content (AvgIpc) is 3.21. The summed E-state index contributed by atoms with van der Waals surface area (Å²) in [7, 11) is 0. The van der Waals surface area contributed by atoms with Crippen LogP contribution in [0, 0.1) is 0 Å². The van der Waals surface area contributed by atoms with Gasteiger partial charge in [-0.1, -0.05) is 12.1 Å². The van der Waals surface area contributed by atoms with E-state index >= 15 is 0 Å². The molecule has 0 bridgehead atoms. The van der Waals surface area contributed by atoms with Crippen molar-refractivity contribution in [1.82, 2.24) is 35.0 Å². The molecule has 0 spiro atoms. The van der Waals surface area contributed by atoms with Crippen molar-refractivity contribution < 1.29 is 9.59 Å². The van der Waals surface area contributed by atoms with E-state index in [4.69, 9.17) is 0 Å². The highest BCUT2D eigenvalue weighted by Crippen LogP contribution is 2.55. The Hall–Kier alpha value is -3.75. The molecule has 1 aliphatic heterocycles. The van der Waals surface area contributed by atoms with Gasteiger partial charge < -0.3 is 5.32 Å². The fraction of sp³-hybridized carbons (Fsp3) is 0.348. The number of imidazole rings is 1. The van der Waals surface area contributed by atoms with Gasteiger partial charge in [0, 0.05) is 35.9 Å². The molecule has 1 unspecified atom stereocenters. The number of amides is 3. The maximum atomic E-state index is 12.4. The highest BCUT2D eigenvalue weighted by Gasteiger charge is 2.42. The van der Waals surface area contributed by atoms with Crippen LogP contribution in [-0.2, 0) is 4.79 Å². The number of benzene rings is 1. The van der Waals surface area contributed by atoms with Crippen LogP contribution in [0.1, 0.15) is 60.9 Å².